The second-order valence-corrected chi connectivity index (χ2v) is 13.3. The Bertz CT molecular complexity index is 1730. The summed E-state index contributed by atoms with van der Waals surface area (Å²) in [6.45, 7) is -0.559. The average molecular weight is 681 g/mol. The van der Waals surface area contributed by atoms with Crippen LogP contribution in [0, 0.1) is 5.92 Å². The number of alkyl halides is 3. The molecule has 2 aliphatic rings. The van der Waals surface area contributed by atoms with Gasteiger partial charge in [-0.2, -0.15) is 13.2 Å². The van der Waals surface area contributed by atoms with Crippen LogP contribution in [-0.4, -0.2) is 27.5 Å². The van der Waals surface area contributed by atoms with Gasteiger partial charge in [-0.05, 0) is 47.8 Å². The van der Waals surface area contributed by atoms with Crippen LogP contribution in [0.1, 0.15) is 21.2 Å². The van der Waals surface area contributed by atoms with Crippen LogP contribution in [0.3, 0.4) is 0 Å². The third-order valence-corrected chi connectivity index (χ3v) is 10.9. The molecule has 0 bridgehead atoms. The van der Waals surface area contributed by atoms with E-state index in [9.17, 15) is 32.3 Å². The molecule has 0 unspecified atom stereocenters. The van der Waals surface area contributed by atoms with E-state index in [0.717, 1.165) is 49.5 Å². The molecule has 0 aliphatic carbocycles. The number of hydrogen-bond acceptors (Lipinski definition) is 7. The monoisotopic (exact) mass is 679 g/mol. The van der Waals surface area contributed by atoms with Crippen molar-refractivity contribution < 1.29 is 27.6 Å². The Kier molecular flexibility index (Phi) is 7.20. The van der Waals surface area contributed by atoms with E-state index in [1.165, 1.54) is 28.0 Å². The predicted molar refractivity (Wildman–Crippen MR) is 155 cm³/mol. The van der Waals surface area contributed by atoms with E-state index in [-0.39, 0.29) is 5.91 Å². The number of thiazole rings is 1. The number of thioether (sulfide) groups is 1. The van der Waals surface area contributed by atoms with Crippen molar-refractivity contribution in [3.8, 4) is 0 Å². The summed E-state index contributed by atoms with van der Waals surface area (Å²) in [5, 5.41) is 3.61. The van der Waals surface area contributed by atoms with E-state index in [1.807, 2.05) is 17.5 Å². The standard InChI is InChI=1S/C27H17BrF3N3O4S3/c28-13-7-9-14(10-8-13)34-23(36)20-19(17-6-3-11-39-17)22-25(40-21(20)24(34)37)33(26(38)41-22)12-18(35)32-16-5-2-1-4-15(16)27(29,30)31/h1-11,19-21H,12H2,(H,32,35)/t19-,20-,21+/m0/s1. The minimum absolute atomic E-state index is 0.359. The van der Waals surface area contributed by atoms with Gasteiger partial charge in [0.1, 0.15) is 11.8 Å². The second-order valence-electron chi connectivity index (χ2n) is 9.26. The van der Waals surface area contributed by atoms with Crippen LogP contribution in [0.2, 0.25) is 0 Å². The highest BCUT2D eigenvalue weighted by Gasteiger charge is 2.57. The fourth-order valence-corrected chi connectivity index (χ4v) is 9.03. The molecule has 2 aromatic heterocycles. The lowest BCUT2D eigenvalue weighted by Crippen LogP contribution is -2.32. The Balaban J connectivity index is 1.37. The van der Waals surface area contributed by atoms with Crippen LogP contribution >= 0.6 is 50.4 Å². The highest BCUT2D eigenvalue weighted by molar-refractivity contribution is 9.10. The van der Waals surface area contributed by atoms with Crippen molar-refractivity contribution >= 4 is 79.5 Å². The van der Waals surface area contributed by atoms with Gasteiger partial charge >= 0.3 is 11.0 Å². The largest absolute Gasteiger partial charge is 0.418 e. The Hall–Kier alpha value is -3.20. The van der Waals surface area contributed by atoms with E-state index < -0.39 is 57.7 Å². The fourth-order valence-electron chi connectivity index (χ4n) is 5.05. The van der Waals surface area contributed by atoms with Gasteiger partial charge in [0, 0.05) is 20.1 Å². The lowest BCUT2D eigenvalue weighted by molar-refractivity contribution is -0.137. The molecule has 14 heteroatoms. The lowest BCUT2D eigenvalue weighted by Gasteiger charge is -2.29. The van der Waals surface area contributed by atoms with Gasteiger partial charge in [0.05, 0.1) is 27.9 Å². The van der Waals surface area contributed by atoms with Gasteiger partial charge in [-0.15, -0.1) is 11.3 Å². The minimum atomic E-state index is -4.68. The highest BCUT2D eigenvalue weighted by atomic mass is 79.9. The average Bonchev–Trinajstić information content (AvgIpc) is 3.62. The lowest BCUT2D eigenvalue weighted by atomic mass is 9.87. The number of nitrogens with one attached hydrogen (secondary N) is 1. The van der Waals surface area contributed by atoms with Gasteiger partial charge in [-0.3, -0.25) is 23.7 Å². The van der Waals surface area contributed by atoms with Gasteiger partial charge < -0.3 is 5.32 Å². The zero-order chi connectivity index (χ0) is 29.1. The molecular weight excluding hydrogens is 663 g/mol. The molecule has 210 valence electrons. The van der Waals surface area contributed by atoms with Crippen LogP contribution < -0.4 is 15.1 Å². The second kappa shape index (κ2) is 10.6. The minimum Gasteiger partial charge on any atom is -0.324 e. The van der Waals surface area contributed by atoms with Crippen LogP contribution in [-0.2, 0) is 27.1 Å². The molecule has 0 radical (unpaired) electrons. The number of hydrogen-bond donors (Lipinski definition) is 1. The SMILES string of the molecule is O=C(Cn1c2c(sc1=O)[C@@H](c1cccs1)[C@@H]1C(=O)N(c3ccc(Br)cc3)C(=O)[C@@H]1S2)Nc1ccccc1C(F)(F)F. The van der Waals surface area contributed by atoms with Crippen LogP contribution in [0.25, 0.3) is 0 Å². The number of halogens is 4. The number of imide groups is 1. The highest BCUT2D eigenvalue weighted by Crippen LogP contribution is 2.54. The van der Waals surface area contributed by atoms with E-state index in [4.69, 9.17) is 0 Å². The van der Waals surface area contributed by atoms with Crippen LogP contribution in [0.15, 0.2) is 80.3 Å². The summed E-state index contributed by atoms with van der Waals surface area (Å²) in [6.07, 6.45) is -4.68. The molecule has 2 aromatic carbocycles. The first-order valence-corrected chi connectivity index (χ1v) is 15.4. The third kappa shape index (κ3) is 4.96. The number of carbonyl (C=O) groups excluding carboxylic acids is 3. The molecule has 6 rings (SSSR count). The number of amides is 3. The molecule has 0 saturated carbocycles. The van der Waals surface area contributed by atoms with Crippen molar-refractivity contribution in [3.63, 3.8) is 0 Å². The Labute approximate surface area is 251 Å². The van der Waals surface area contributed by atoms with Gasteiger partial charge in [0.2, 0.25) is 17.7 Å². The summed E-state index contributed by atoms with van der Waals surface area (Å²) in [5.74, 6) is -3.02. The number of para-hydroxylation sites is 1. The third-order valence-electron chi connectivity index (χ3n) is 6.79. The topological polar surface area (TPSA) is 88.5 Å². The number of fused-ring (bicyclic) bond motifs is 2. The van der Waals surface area contributed by atoms with Crippen molar-refractivity contribution in [2.45, 2.75) is 28.9 Å². The first-order chi connectivity index (χ1) is 19.5. The molecule has 0 spiro atoms. The van der Waals surface area contributed by atoms with Gasteiger partial charge in [-0.1, -0.05) is 57.2 Å². The molecule has 4 aromatic rings. The summed E-state index contributed by atoms with van der Waals surface area (Å²) in [7, 11) is 0. The smallest absolute Gasteiger partial charge is 0.324 e. The maximum Gasteiger partial charge on any atom is 0.418 e. The van der Waals surface area contributed by atoms with Crippen LogP contribution in [0.5, 0.6) is 0 Å². The normalized spacial score (nSPS) is 20.2. The summed E-state index contributed by atoms with van der Waals surface area (Å²) in [6, 6.07) is 15.0. The van der Waals surface area contributed by atoms with Crippen molar-refractivity contribution in [3.05, 3.63) is 95.5 Å². The number of anilines is 2. The Morgan fingerprint density at radius 3 is 2.39 bits per heavy atom. The Morgan fingerprint density at radius 1 is 0.976 bits per heavy atom. The quantitative estimate of drug-likeness (QED) is 0.254. The number of carbonyl (C=O) groups is 3. The summed E-state index contributed by atoms with van der Waals surface area (Å²) in [4.78, 5) is 55.6. The molecule has 41 heavy (non-hydrogen) atoms. The summed E-state index contributed by atoms with van der Waals surface area (Å²) in [5.41, 5.74) is -1.01. The molecule has 7 nitrogen and oxygen atoms in total. The number of thiophene rings is 1. The molecule has 1 saturated heterocycles. The van der Waals surface area contributed by atoms with Crippen molar-refractivity contribution in [2.75, 3.05) is 10.2 Å². The van der Waals surface area contributed by atoms with E-state index in [1.54, 1.807) is 24.3 Å². The molecule has 1 fully saturated rings. The van der Waals surface area contributed by atoms with Crippen molar-refractivity contribution in [2.24, 2.45) is 5.92 Å². The number of benzene rings is 2. The molecule has 3 atom stereocenters. The van der Waals surface area contributed by atoms with Gasteiger partial charge in [-0.25, -0.2) is 4.90 Å². The first-order valence-electron chi connectivity index (χ1n) is 12.1. The van der Waals surface area contributed by atoms with Crippen molar-refractivity contribution in [1.29, 1.82) is 0 Å². The summed E-state index contributed by atoms with van der Waals surface area (Å²) < 4.78 is 42.3. The van der Waals surface area contributed by atoms with E-state index in [0.29, 0.717) is 15.6 Å². The number of rotatable bonds is 5. The van der Waals surface area contributed by atoms with E-state index >= 15 is 0 Å². The fraction of sp³-hybridized carbons (Fsp3) is 0.185. The Morgan fingerprint density at radius 2 is 1.71 bits per heavy atom. The van der Waals surface area contributed by atoms with Gasteiger partial charge in [0.15, 0.2) is 0 Å². The van der Waals surface area contributed by atoms with Crippen molar-refractivity contribution in [1.82, 2.24) is 4.57 Å². The van der Waals surface area contributed by atoms with E-state index in [2.05, 4.69) is 21.2 Å². The first kappa shape index (κ1) is 27.9. The van der Waals surface area contributed by atoms with Crippen LogP contribution in [0.4, 0.5) is 24.5 Å². The number of nitrogens with zero attached hydrogens (tertiary/aromatic N) is 2. The molecule has 3 amide bonds. The molecule has 4 heterocycles. The van der Waals surface area contributed by atoms with Gasteiger partial charge in [0.25, 0.3) is 0 Å². The maximum atomic E-state index is 13.8. The molecular formula is C27H17BrF3N3O4S3. The molecule has 2 aliphatic heterocycles. The zero-order valence-corrected chi connectivity index (χ0v) is 24.6. The predicted octanol–water partition coefficient (Wildman–Crippen LogP) is 6.19. The zero-order valence-electron chi connectivity index (χ0n) is 20.6. The summed E-state index contributed by atoms with van der Waals surface area (Å²) >= 11 is 6.66. The molecule has 1 N–H and O–H groups in total. The maximum absolute atomic E-state index is 13.8. The number of aromatic nitrogens is 1.